The summed E-state index contributed by atoms with van der Waals surface area (Å²) in [7, 11) is 0. The molecule has 0 spiro atoms. The third kappa shape index (κ3) is 3.02. The predicted molar refractivity (Wildman–Crippen MR) is 74.0 cm³/mol. The maximum atomic E-state index is 12.1. The van der Waals surface area contributed by atoms with Gasteiger partial charge in [0.2, 0.25) is 0 Å². The molecule has 1 N–H and O–H groups in total. The van der Waals surface area contributed by atoms with Crippen LogP contribution in [0.15, 0.2) is 0 Å². The van der Waals surface area contributed by atoms with Crippen molar-refractivity contribution in [1.29, 1.82) is 0 Å². The van der Waals surface area contributed by atoms with Crippen LogP contribution in [0.5, 0.6) is 0 Å². The van der Waals surface area contributed by atoms with Crippen molar-refractivity contribution in [2.24, 2.45) is 0 Å². The number of nitrogens with zero attached hydrogens (tertiary/aromatic N) is 2. The molecule has 2 amide bonds. The fourth-order valence-electron chi connectivity index (χ4n) is 2.39. The molecule has 1 saturated heterocycles. The van der Waals surface area contributed by atoms with Crippen LogP contribution in [-0.4, -0.2) is 29.0 Å². The van der Waals surface area contributed by atoms with Crippen LogP contribution in [0.1, 0.15) is 47.8 Å². The van der Waals surface area contributed by atoms with Gasteiger partial charge < -0.3 is 10.2 Å². The number of hydrogen-bond donors (Lipinski definition) is 1. The van der Waals surface area contributed by atoms with Gasteiger partial charge in [-0.1, -0.05) is 0 Å². The molecule has 2 rings (SSSR count). The molecular formula is C13H21N3OS. The molecule has 1 fully saturated rings. The van der Waals surface area contributed by atoms with Gasteiger partial charge in [-0.2, -0.15) is 0 Å². The molecule has 1 aromatic rings. The fourth-order valence-corrected chi connectivity index (χ4v) is 3.32. The Bertz CT molecular complexity index is 424. The second-order valence-electron chi connectivity index (χ2n) is 4.90. The van der Waals surface area contributed by atoms with E-state index in [4.69, 9.17) is 0 Å². The molecule has 18 heavy (non-hydrogen) atoms. The number of carbonyl (C=O) groups is 1. The highest BCUT2D eigenvalue weighted by molar-refractivity contribution is 7.11. The molecule has 1 unspecified atom stereocenters. The minimum absolute atomic E-state index is 0.0469. The number of nitrogens with one attached hydrogen (secondary N) is 1. The molecule has 1 aromatic heterocycles. The highest BCUT2D eigenvalue weighted by atomic mass is 32.1. The molecule has 0 aromatic carbocycles. The van der Waals surface area contributed by atoms with Crippen LogP contribution in [0.25, 0.3) is 0 Å². The number of carbonyl (C=O) groups excluding carboxylic acids is 1. The largest absolute Gasteiger partial charge is 0.331 e. The number of piperidine rings is 1. The third-order valence-electron chi connectivity index (χ3n) is 3.32. The van der Waals surface area contributed by atoms with Crippen molar-refractivity contribution in [3.63, 3.8) is 0 Å². The summed E-state index contributed by atoms with van der Waals surface area (Å²) in [5.74, 6) is 0. The molecule has 5 heteroatoms. The fraction of sp³-hybridized carbons (Fsp3) is 0.692. The summed E-state index contributed by atoms with van der Waals surface area (Å²) in [6, 6.07) is 0.110. The van der Waals surface area contributed by atoms with E-state index in [1.54, 1.807) is 11.3 Å². The highest BCUT2D eigenvalue weighted by Gasteiger charge is 2.20. The molecule has 0 saturated carbocycles. The molecule has 0 bridgehead atoms. The summed E-state index contributed by atoms with van der Waals surface area (Å²) in [5.41, 5.74) is 1.03. The number of thiazole rings is 1. The number of hydrogen-bond acceptors (Lipinski definition) is 3. The van der Waals surface area contributed by atoms with Gasteiger partial charge in [-0.25, -0.2) is 9.78 Å². The second-order valence-corrected chi connectivity index (χ2v) is 6.14. The normalized spacial score (nSPS) is 17.6. The summed E-state index contributed by atoms with van der Waals surface area (Å²) in [5, 5.41) is 4.13. The SMILES string of the molecule is Cc1nc(C)c(C(C)NC(=O)N2CCCCC2)s1. The molecule has 1 aliphatic rings. The average molecular weight is 267 g/mol. The standard InChI is InChI=1S/C13H21N3OS/c1-9-12(18-11(3)14-9)10(2)15-13(17)16-7-5-4-6-8-16/h10H,4-8H2,1-3H3,(H,15,17). The zero-order valence-corrected chi connectivity index (χ0v) is 12.1. The van der Waals surface area contributed by atoms with Crippen molar-refractivity contribution in [2.75, 3.05) is 13.1 Å². The van der Waals surface area contributed by atoms with E-state index < -0.39 is 0 Å². The molecular weight excluding hydrogens is 246 g/mol. The number of aryl methyl sites for hydroxylation is 2. The van der Waals surface area contributed by atoms with E-state index >= 15 is 0 Å². The molecule has 2 heterocycles. The van der Waals surface area contributed by atoms with E-state index in [1.165, 1.54) is 6.42 Å². The smallest absolute Gasteiger partial charge is 0.317 e. The lowest BCUT2D eigenvalue weighted by molar-refractivity contribution is 0.183. The van der Waals surface area contributed by atoms with E-state index in [2.05, 4.69) is 10.3 Å². The minimum Gasteiger partial charge on any atom is -0.331 e. The summed E-state index contributed by atoms with van der Waals surface area (Å²) < 4.78 is 0. The Balaban J connectivity index is 1.96. The summed E-state index contributed by atoms with van der Waals surface area (Å²) in [6.07, 6.45) is 3.49. The Kier molecular flexibility index (Phi) is 4.22. The van der Waals surface area contributed by atoms with Crippen molar-refractivity contribution in [2.45, 2.75) is 46.1 Å². The van der Waals surface area contributed by atoms with E-state index in [9.17, 15) is 4.79 Å². The van der Waals surface area contributed by atoms with Gasteiger partial charge in [-0.3, -0.25) is 0 Å². The lowest BCUT2D eigenvalue weighted by atomic mass is 10.1. The molecule has 1 aliphatic heterocycles. The number of amides is 2. The quantitative estimate of drug-likeness (QED) is 0.895. The van der Waals surface area contributed by atoms with Gasteiger partial charge in [-0.15, -0.1) is 11.3 Å². The summed E-state index contributed by atoms with van der Waals surface area (Å²) in [6.45, 7) is 7.81. The minimum atomic E-state index is 0.0469. The van der Waals surface area contributed by atoms with Crippen LogP contribution in [0.3, 0.4) is 0 Å². The van der Waals surface area contributed by atoms with E-state index in [0.717, 1.165) is 41.5 Å². The van der Waals surface area contributed by atoms with Gasteiger partial charge >= 0.3 is 6.03 Å². The summed E-state index contributed by atoms with van der Waals surface area (Å²) in [4.78, 5) is 19.6. The number of urea groups is 1. The van der Waals surface area contributed by atoms with E-state index in [1.807, 2.05) is 25.7 Å². The van der Waals surface area contributed by atoms with Crippen molar-refractivity contribution >= 4 is 17.4 Å². The van der Waals surface area contributed by atoms with E-state index in [0.29, 0.717) is 0 Å². The van der Waals surface area contributed by atoms with Gasteiger partial charge in [-0.05, 0) is 40.0 Å². The average Bonchev–Trinajstić information content (AvgIpc) is 2.69. The maximum absolute atomic E-state index is 12.1. The van der Waals surface area contributed by atoms with Gasteiger partial charge in [0.15, 0.2) is 0 Å². The van der Waals surface area contributed by atoms with E-state index in [-0.39, 0.29) is 12.1 Å². The number of likely N-dealkylation sites (tertiary alicyclic amines) is 1. The van der Waals surface area contributed by atoms with Crippen LogP contribution in [0.4, 0.5) is 4.79 Å². The van der Waals surface area contributed by atoms with Crippen LogP contribution in [0.2, 0.25) is 0 Å². The molecule has 100 valence electrons. The highest BCUT2D eigenvalue weighted by Crippen LogP contribution is 2.24. The molecule has 1 atom stereocenters. The number of rotatable bonds is 2. The zero-order valence-electron chi connectivity index (χ0n) is 11.3. The van der Waals surface area contributed by atoms with Crippen molar-refractivity contribution in [1.82, 2.24) is 15.2 Å². The third-order valence-corrected chi connectivity index (χ3v) is 4.57. The zero-order chi connectivity index (χ0) is 13.1. The number of aromatic nitrogens is 1. The Morgan fingerprint density at radius 3 is 2.56 bits per heavy atom. The van der Waals surface area contributed by atoms with Gasteiger partial charge in [0.05, 0.1) is 16.7 Å². The van der Waals surface area contributed by atoms with Crippen LogP contribution < -0.4 is 5.32 Å². The van der Waals surface area contributed by atoms with Crippen molar-refractivity contribution in [3.05, 3.63) is 15.6 Å². The first kappa shape index (κ1) is 13.3. The topological polar surface area (TPSA) is 45.2 Å². The summed E-state index contributed by atoms with van der Waals surface area (Å²) >= 11 is 1.67. The molecule has 0 aliphatic carbocycles. The predicted octanol–water partition coefficient (Wildman–Crippen LogP) is 3.02. The first-order chi connectivity index (χ1) is 8.58. The van der Waals surface area contributed by atoms with Crippen LogP contribution in [-0.2, 0) is 0 Å². The first-order valence-corrected chi connectivity index (χ1v) is 7.39. The van der Waals surface area contributed by atoms with Crippen LogP contribution in [0, 0.1) is 13.8 Å². The Labute approximate surface area is 112 Å². The monoisotopic (exact) mass is 267 g/mol. The molecule has 0 radical (unpaired) electrons. The van der Waals surface area contributed by atoms with Gasteiger partial charge in [0, 0.05) is 18.0 Å². The lowest BCUT2D eigenvalue weighted by Gasteiger charge is -2.28. The Morgan fingerprint density at radius 2 is 2.00 bits per heavy atom. The Morgan fingerprint density at radius 1 is 1.33 bits per heavy atom. The van der Waals surface area contributed by atoms with Crippen LogP contribution >= 0.6 is 11.3 Å². The maximum Gasteiger partial charge on any atom is 0.317 e. The van der Waals surface area contributed by atoms with Gasteiger partial charge in [0.1, 0.15) is 0 Å². The second kappa shape index (κ2) is 5.69. The Hall–Kier alpha value is -1.10. The van der Waals surface area contributed by atoms with Crippen molar-refractivity contribution in [3.8, 4) is 0 Å². The lowest BCUT2D eigenvalue weighted by Crippen LogP contribution is -2.43. The van der Waals surface area contributed by atoms with Gasteiger partial charge in [0.25, 0.3) is 0 Å². The van der Waals surface area contributed by atoms with Crippen molar-refractivity contribution < 1.29 is 4.79 Å². The molecule has 4 nitrogen and oxygen atoms in total. The first-order valence-electron chi connectivity index (χ1n) is 6.57.